The minimum Gasteiger partial charge on any atom is -0.280 e. The molecule has 0 bridgehead atoms. The molecule has 1 aromatic carbocycles. The minimum atomic E-state index is 0. The molecule has 0 aliphatic carbocycles. The molecule has 0 N–H and O–H groups in total. The van der Waals surface area contributed by atoms with Gasteiger partial charge in [0.1, 0.15) is 13.3 Å². The Morgan fingerprint density at radius 2 is 2.27 bits per heavy atom. The number of rotatable bonds is 2. The van der Waals surface area contributed by atoms with Gasteiger partial charge in [0.2, 0.25) is 0 Å². The normalized spacial score (nSPS) is 14.3. The Kier molecular flexibility index (Phi) is 5.24. The summed E-state index contributed by atoms with van der Waals surface area (Å²) in [6.45, 7) is 0. The van der Waals surface area contributed by atoms with E-state index in [4.69, 9.17) is 0 Å². The molecule has 15 heavy (non-hydrogen) atoms. The molecule has 2 rings (SSSR count). The van der Waals surface area contributed by atoms with E-state index in [1.54, 1.807) is 11.8 Å². The fourth-order valence-electron chi connectivity index (χ4n) is 1.54. The van der Waals surface area contributed by atoms with Crippen molar-refractivity contribution < 1.29 is 37.3 Å². The van der Waals surface area contributed by atoms with E-state index < -0.39 is 0 Å². The van der Waals surface area contributed by atoms with E-state index in [-0.39, 0.29) is 32.7 Å². The Morgan fingerprint density at radius 3 is 2.87 bits per heavy atom. The number of hydrogen-bond donors (Lipinski definition) is 0. The zero-order valence-corrected chi connectivity index (χ0v) is 12.6. The van der Waals surface area contributed by atoms with Crippen LogP contribution in [0.25, 0.3) is 5.70 Å². The molecule has 0 amide bonds. The molecule has 0 saturated carbocycles. The smallest absolute Gasteiger partial charge is 0.126 e. The zero-order chi connectivity index (χ0) is 9.97. The van der Waals surface area contributed by atoms with Gasteiger partial charge in [-0.1, -0.05) is 0 Å². The first-order chi connectivity index (χ1) is 6.83. The Balaban J connectivity index is 0.00000112. The largest absolute Gasteiger partial charge is 0.280 e. The SMILES string of the molecule is CSc1ccc[c-]c1C1=[C-]CC=[N+]1C.[Y]. The second-order valence-electron chi connectivity index (χ2n) is 3.14. The average molecular weight is 291 g/mol. The summed E-state index contributed by atoms with van der Waals surface area (Å²) in [5.74, 6) is 0. The molecule has 1 nitrogen and oxygen atoms in total. The van der Waals surface area contributed by atoms with Crippen LogP contribution in [-0.4, -0.2) is 24.1 Å². The standard InChI is InChI=1S/C12H12NS.Y/c1-13-9-5-7-11(13)10-6-3-4-8-12(10)14-2;/h3-4,8-9H,5H2,1-2H3;/q-1;. The molecule has 1 radical (unpaired) electrons. The van der Waals surface area contributed by atoms with Crippen molar-refractivity contribution in [2.24, 2.45) is 0 Å². The van der Waals surface area contributed by atoms with Gasteiger partial charge in [-0.2, -0.15) is 11.0 Å². The maximum absolute atomic E-state index is 3.34. The third-order valence-corrected chi connectivity index (χ3v) is 3.04. The molecule has 1 aliphatic rings. The monoisotopic (exact) mass is 291 g/mol. The molecule has 1 aromatic rings. The molecule has 0 atom stereocenters. The van der Waals surface area contributed by atoms with Crippen molar-refractivity contribution in [3.05, 3.63) is 35.9 Å². The van der Waals surface area contributed by atoms with Crippen LogP contribution >= 0.6 is 11.8 Å². The van der Waals surface area contributed by atoms with Crippen molar-refractivity contribution in [3.8, 4) is 0 Å². The third-order valence-electron chi connectivity index (χ3n) is 2.26. The fourth-order valence-corrected chi connectivity index (χ4v) is 2.11. The number of thioether (sulfide) groups is 1. The summed E-state index contributed by atoms with van der Waals surface area (Å²) >= 11 is 1.75. The van der Waals surface area contributed by atoms with E-state index in [0.29, 0.717) is 0 Å². The molecule has 1 aliphatic heterocycles. The van der Waals surface area contributed by atoms with Crippen LogP contribution in [0.3, 0.4) is 0 Å². The van der Waals surface area contributed by atoms with Crippen molar-refractivity contribution in [1.82, 2.24) is 0 Å². The van der Waals surface area contributed by atoms with Crippen LogP contribution in [0.2, 0.25) is 0 Å². The van der Waals surface area contributed by atoms with Crippen LogP contribution < -0.4 is 0 Å². The van der Waals surface area contributed by atoms with Crippen molar-refractivity contribution >= 4 is 23.7 Å². The maximum Gasteiger partial charge on any atom is 0.126 e. The quantitative estimate of drug-likeness (QED) is 0.459. The molecular formula is C12H12NSY-. The first kappa shape index (κ1) is 13.2. The molecule has 1 heterocycles. The van der Waals surface area contributed by atoms with Gasteiger partial charge in [-0.25, -0.2) is 29.5 Å². The zero-order valence-electron chi connectivity index (χ0n) is 8.95. The summed E-state index contributed by atoms with van der Waals surface area (Å²) in [5.41, 5.74) is 2.31. The van der Waals surface area contributed by atoms with Gasteiger partial charge in [0.25, 0.3) is 0 Å². The van der Waals surface area contributed by atoms with Gasteiger partial charge in [0, 0.05) is 32.7 Å². The van der Waals surface area contributed by atoms with Gasteiger partial charge in [0.05, 0.1) is 0 Å². The van der Waals surface area contributed by atoms with Gasteiger partial charge in [0.15, 0.2) is 0 Å². The summed E-state index contributed by atoms with van der Waals surface area (Å²) in [6.07, 6.45) is 8.46. The number of hydrogen-bond acceptors (Lipinski definition) is 1. The molecule has 0 unspecified atom stereocenters. The van der Waals surface area contributed by atoms with E-state index in [1.165, 1.54) is 4.90 Å². The molecule has 0 spiro atoms. The van der Waals surface area contributed by atoms with Crippen molar-refractivity contribution in [1.29, 1.82) is 0 Å². The van der Waals surface area contributed by atoms with Crippen LogP contribution in [0.5, 0.6) is 0 Å². The summed E-state index contributed by atoms with van der Waals surface area (Å²) in [6, 6.07) is 9.38. The first-order valence-corrected chi connectivity index (χ1v) is 5.77. The first-order valence-electron chi connectivity index (χ1n) is 4.55. The Labute approximate surface area is 121 Å². The van der Waals surface area contributed by atoms with Gasteiger partial charge in [-0.05, 0) is 18.4 Å². The molecule has 0 fully saturated rings. The van der Waals surface area contributed by atoms with Crippen LogP contribution in [-0.2, 0) is 32.7 Å². The van der Waals surface area contributed by atoms with Gasteiger partial charge in [-0.15, -0.1) is 12.1 Å². The Morgan fingerprint density at radius 1 is 1.47 bits per heavy atom. The van der Waals surface area contributed by atoms with Crippen LogP contribution in [0.4, 0.5) is 0 Å². The van der Waals surface area contributed by atoms with Crippen LogP contribution in [0.15, 0.2) is 23.1 Å². The summed E-state index contributed by atoms with van der Waals surface area (Å²) in [4.78, 5) is 1.26. The summed E-state index contributed by atoms with van der Waals surface area (Å²) < 4.78 is 2.12. The van der Waals surface area contributed by atoms with E-state index in [1.807, 2.05) is 12.1 Å². The van der Waals surface area contributed by atoms with Crippen molar-refractivity contribution in [3.63, 3.8) is 0 Å². The molecule has 0 aromatic heterocycles. The van der Waals surface area contributed by atoms with Crippen LogP contribution in [0.1, 0.15) is 12.0 Å². The summed E-state index contributed by atoms with van der Waals surface area (Å²) in [5, 5.41) is 0. The number of nitrogens with zero attached hydrogens (tertiary/aromatic N) is 1. The van der Waals surface area contributed by atoms with Gasteiger partial charge in [-0.3, -0.25) is 4.58 Å². The molecular weight excluding hydrogens is 279 g/mol. The van der Waals surface area contributed by atoms with Gasteiger partial charge < -0.3 is 0 Å². The third kappa shape index (κ3) is 2.80. The predicted molar refractivity (Wildman–Crippen MR) is 60.6 cm³/mol. The van der Waals surface area contributed by atoms with E-state index in [2.05, 4.69) is 42.3 Å². The number of benzene rings is 1. The Bertz CT molecular complexity index is 410. The van der Waals surface area contributed by atoms with Crippen LogP contribution in [0, 0.1) is 12.1 Å². The fraction of sp³-hybridized carbons (Fsp3) is 0.250. The topological polar surface area (TPSA) is 3.01 Å². The van der Waals surface area contributed by atoms with Gasteiger partial charge >= 0.3 is 0 Å². The second kappa shape index (κ2) is 5.98. The maximum atomic E-state index is 3.34. The van der Waals surface area contributed by atoms with E-state index >= 15 is 0 Å². The van der Waals surface area contributed by atoms with Crippen molar-refractivity contribution in [2.75, 3.05) is 13.3 Å². The molecule has 75 valence electrons. The minimum absolute atomic E-state index is 0. The average Bonchev–Trinajstić information content (AvgIpc) is 2.64. The predicted octanol–water partition coefficient (Wildman–Crippen LogP) is 2.47. The van der Waals surface area contributed by atoms with Crippen molar-refractivity contribution in [2.45, 2.75) is 11.3 Å². The second-order valence-corrected chi connectivity index (χ2v) is 3.98. The summed E-state index contributed by atoms with van der Waals surface area (Å²) in [7, 11) is 2.06. The van der Waals surface area contributed by atoms with E-state index in [9.17, 15) is 0 Å². The Hall–Kier alpha value is 0.0839. The molecule has 0 saturated heterocycles. The molecule has 3 heteroatoms. The number of allylic oxidation sites excluding steroid dienone is 1. The van der Waals surface area contributed by atoms with E-state index in [0.717, 1.165) is 17.7 Å².